The first-order chi connectivity index (χ1) is 8.58. The SMILES string of the molecule is Cc1ccccc1NC(=O)Cn1cnc(C)c1C. The molecule has 0 fully saturated rings. The molecule has 4 heteroatoms. The molecule has 0 atom stereocenters. The van der Waals surface area contributed by atoms with Crippen molar-refractivity contribution in [2.24, 2.45) is 0 Å². The maximum atomic E-state index is 11.9. The van der Waals surface area contributed by atoms with E-state index in [1.807, 2.05) is 49.6 Å². The van der Waals surface area contributed by atoms with Crippen LogP contribution in [0, 0.1) is 20.8 Å². The zero-order valence-electron chi connectivity index (χ0n) is 10.9. The van der Waals surface area contributed by atoms with Gasteiger partial charge in [-0.3, -0.25) is 4.79 Å². The lowest BCUT2D eigenvalue weighted by atomic mass is 10.2. The average molecular weight is 243 g/mol. The molecule has 18 heavy (non-hydrogen) atoms. The molecule has 94 valence electrons. The van der Waals surface area contributed by atoms with Crippen LogP contribution >= 0.6 is 0 Å². The smallest absolute Gasteiger partial charge is 0.244 e. The normalized spacial score (nSPS) is 10.4. The number of aromatic nitrogens is 2. The molecule has 0 aliphatic carbocycles. The van der Waals surface area contributed by atoms with Gasteiger partial charge in [-0.25, -0.2) is 4.98 Å². The standard InChI is InChI=1S/C14H17N3O/c1-10-6-4-5-7-13(10)16-14(18)8-17-9-15-11(2)12(17)3/h4-7,9H,8H2,1-3H3,(H,16,18). The molecule has 0 bridgehead atoms. The second-order valence-corrected chi connectivity index (χ2v) is 4.41. The molecule has 0 saturated heterocycles. The molecule has 1 amide bonds. The molecule has 2 aromatic rings. The van der Waals surface area contributed by atoms with Crippen molar-refractivity contribution in [1.82, 2.24) is 9.55 Å². The minimum Gasteiger partial charge on any atom is -0.325 e. The van der Waals surface area contributed by atoms with Crippen LogP contribution in [0.15, 0.2) is 30.6 Å². The number of benzene rings is 1. The van der Waals surface area contributed by atoms with Crippen LogP contribution in [0.5, 0.6) is 0 Å². The van der Waals surface area contributed by atoms with E-state index in [-0.39, 0.29) is 5.91 Å². The van der Waals surface area contributed by atoms with Crippen LogP contribution in [0.3, 0.4) is 0 Å². The second kappa shape index (κ2) is 5.04. The van der Waals surface area contributed by atoms with Gasteiger partial charge in [0.1, 0.15) is 6.54 Å². The minimum absolute atomic E-state index is 0.0372. The van der Waals surface area contributed by atoms with Crippen molar-refractivity contribution in [2.75, 3.05) is 5.32 Å². The zero-order chi connectivity index (χ0) is 13.1. The van der Waals surface area contributed by atoms with Gasteiger partial charge in [0.2, 0.25) is 5.91 Å². The van der Waals surface area contributed by atoms with E-state index in [0.29, 0.717) is 6.54 Å². The third-order valence-electron chi connectivity index (χ3n) is 3.08. The number of carbonyl (C=O) groups excluding carboxylic acids is 1. The van der Waals surface area contributed by atoms with Crippen molar-refractivity contribution in [2.45, 2.75) is 27.3 Å². The molecule has 0 aliphatic rings. The molecular formula is C14H17N3O. The molecule has 0 spiro atoms. The highest BCUT2D eigenvalue weighted by atomic mass is 16.1. The minimum atomic E-state index is -0.0372. The number of para-hydroxylation sites is 1. The van der Waals surface area contributed by atoms with Gasteiger partial charge < -0.3 is 9.88 Å². The van der Waals surface area contributed by atoms with Crippen molar-refractivity contribution in [1.29, 1.82) is 0 Å². The maximum Gasteiger partial charge on any atom is 0.244 e. The number of carbonyl (C=O) groups is 1. The lowest BCUT2D eigenvalue weighted by Crippen LogP contribution is -2.19. The number of hydrogen-bond donors (Lipinski definition) is 1. The largest absolute Gasteiger partial charge is 0.325 e. The number of aryl methyl sites for hydroxylation is 2. The molecule has 1 N–H and O–H groups in total. The first-order valence-electron chi connectivity index (χ1n) is 5.91. The van der Waals surface area contributed by atoms with Crippen molar-refractivity contribution in [3.63, 3.8) is 0 Å². The Bertz CT molecular complexity index is 572. The third kappa shape index (κ3) is 2.59. The first-order valence-corrected chi connectivity index (χ1v) is 5.91. The first kappa shape index (κ1) is 12.4. The van der Waals surface area contributed by atoms with Crippen LogP contribution in [0.25, 0.3) is 0 Å². The molecule has 4 nitrogen and oxygen atoms in total. The number of anilines is 1. The van der Waals surface area contributed by atoms with E-state index < -0.39 is 0 Å². The van der Waals surface area contributed by atoms with E-state index in [2.05, 4.69) is 10.3 Å². The van der Waals surface area contributed by atoms with E-state index >= 15 is 0 Å². The topological polar surface area (TPSA) is 46.9 Å². The van der Waals surface area contributed by atoms with Crippen LogP contribution in [0.1, 0.15) is 17.0 Å². The Morgan fingerprint density at radius 3 is 2.61 bits per heavy atom. The highest BCUT2D eigenvalue weighted by Crippen LogP contribution is 2.13. The third-order valence-corrected chi connectivity index (χ3v) is 3.08. The zero-order valence-corrected chi connectivity index (χ0v) is 10.9. The Hall–Kier alpha value is -2.10. The summed E-state index contributed by atoms with van der Waals surface area (Å²) in [6.45, 7) is 6.16. The lowest BCUT2D eigenvalue weighted by Gasteiger charge is -2.09. The van der Waals surface area contributed by atoms with Crippen LogP contribution < -0.4 is 5.32 Å². The fourth-order valence-corrected chi connectivity index (χ4v) is 1.76. The highest BCUT2D eigenvalue weighted by molar-refractivity contribution is 5.91. The highest BCUT2D eigenvalue weighted by Gasteiger charge is 2.08. The van der Waals surface area contributed by atoms with Gasteiger partial charge in [0.05, 0.1) is 12.0 Å². The van der Waals surface area contributed by atoms with Gasteiger partial charge in [0.25, 0.3) is 0 Å². The molecule has 0 radical (unpaired) electrons. The van der Waals surface area contributed by atoms with Crippen molar-refractivity contribution in [3.05, 3.63) is 47.5 Å². The molecule has 2 rings (SSSR count). The maximum absolute atomic E-state index is 11.9. The predicted octanol–water partition coefficient (Wildman–Crippen LogP) is 2.45. The molecule has 0 unspecified atom stereocenters. The molecule has 1 aromatic carbocycles. The fraction of sp³-hybridized carbons (Fsp3) is 0.286. The number of nitrogens with one attached hydrogen (secondary N) is 1. The van der Waals surface area contributed by atoms with E-state index in [9.17, 15) is 4.79 Å². The van der Waals surface area contributed by atoms with Gasteiger partial charge in [-0.1, -0.05) is 18.2 Å². The van der Waals surface area contributed by atoms with Crippen LogP contribution in [0.2, 0.25) is 0 Å². The molecule has 1 heterocycles. The Morgan fingerprint density at radius 2 is 2.00 bits per heavy atom. The molecule has 1 aromatic heterocycles. The average Bonchev–Trinajstić information content (AvgIpc) is 2.64. The van der Waals surface area contributed by atoms with Gasteiger partial charge in [-0.2, -0.15) is 0 Å². The fourth-order valence-electron chi connectivity index (χ4n) is 1.76. The van der Waals surface area contributed by atoms with Gasteiger partial charge >= 0.3 is 0 Å². The Kier molecular flexibility index (Phi) is 3.46. The van der Waals surface area contributed by atoms with Crippen molar-refractivity contribution in [3.8, 4) is 0 Å². The summed E-state index contributed by atoms with van der Waals surface area (Å²) in [7, 11) is 0. The van der Waals surface area contributed by atoms with Gasteiger partial charge in [-0.05, 0) is 32.4 Å². The number of hydrogen-bond acceptors (Lipinski definition) is 2. The van der Waals surface area contributed by atoms with Crippen LogP contribution in [0.4, 0.5) is 5.69 Å². The number of rotatable bonds is 3. The van der Waals surface area contributed by atoms with Crippen LogP contribution in [-0.4, -0.2) is 15.5 Å². The molecular weight excluding hydrogens is 226 g/mol. The van der Waals surface area contributed by atoms with Crippen LogP contribution in [-0.2, 0) is 11.3 Å². The number of imidazole rings is 1. The summed E-state index contributed by atoms with van der Waals surface area (Å²) in [5.74, 6) is -0.0372. The lowest BCUT2D eigenvalue weighted by molar-refractivity contribution is -0.116. The molecule has 0 aliphatic heterocycles. The monoisotopic (exact) mass is 243 g/mol. The summed E-state index contributed by atoms with van der Waals surface area (Å²) in [5, 5.41) is 2.91. The molecule has 0 saturated carbocycles. The summed E-state index contributed by atoms with van der Waals surface area (Å²) in [6, 6.07) is 7.74. The van der Waals surface area contributed by atoms with E-state index in [1.54, 1.807) is 6.33 Å². The van der Waals surface area contributed by atoms with Gasteiger partial charge in [0.15, 0.2) is 0 Å². The Balaban J connectivity index is 2.06. The quantitative estimate of drug-likeness (QED) is 0.900. The van der Waals surface area contributed by atoms with Gasteiger partial charge in [-0.15, -0.1) is 0 Å². The predicted molar refractivity (Wildman–Crippen MR) is 71.5 cm³/mol. The summed E-state index contributed by atoms with van der Waals surface area (Å²) in [6.07, 6.45) is 1.70. The van der Waals surface area contributed by atoms with Crippen molar-refractivity contribution >= 4 is 11.6 Å². The Morgan fingerprint density at radius 1 is 1.28 bits per heavy atom. The summed E-state index contributed by atoms with van der Waals surface area (Å²) >= 11 is 0. The van der Waals surface area contributed by atoms with Crippen molar-refractivity contribution < 1.29 is 4.79 Å². The van der Waals surface area contributed by atoms with E-state index in [0.717, 1.165) is 22.6 Å². The Labute approximate surface area is 107 Å². The number of nitrogens with zero attached hydrogens (tertiary/aromatic N) is 2. The number of amides is 1. The summed E-state index contributed by atoms with van der Waals surface area (Å²) in [5.41, 5.74) is 3.90. The summed E-state index contributed by atoms with van der Waals surface area (Å²) < 4.78 is 1.85. The summed E-state index contributed by atoms with van der Waals surface area (Å²) in [4.78, 5) is 16.1. The van der Waals surface area contributed by atoms with Gasteiger partial charge in [0, 0.05) is 11.4 Å². The van der Waals surface area contributed by atoms with E-state index in [4.69, 9.17) is 0 Å². The van der Waals surface area contributed by atoms with E-state index in [1.165, 1.54) is 0 Å². The second-order valence-electron chi connectivity index (χ2n) is 4.41.